The minimum atomic E-state index is 0.126. The lowest BCUT2D eigenvalue weighted by atomic mass is 9.98. The normalized spacial score (nSPS) is 20.2. The van der Waals surface area contributed by atoms with E-state index in [1.807, 2.05) is 0 Å². The molecule has 0 bridgehead atoms. The molecule has 15 heavy (non-hydrogen) atoms. The zero-order valence-electron chi connectivity index (χ0n) is 10.6. The number of methoxy groups -OCH3 is 1. The van der Waals surface area contributed by atoms with Crippen molar-refractivity contribution in [2.75, 3.05) is 20.3 Å². The minimum absolute atomic E-state index is 0.126. The van der Waals surface area contributed by atoms with Gasteiger partial charge in [-0.1, -0.05) is 25.7 Å². The number of ether oxygens (including phenoxy) is 1. The predicted molar refractivity (Wildman–Crippen MR) is 65.1 cm³/mol. The third-order valence-corrected chi connectivity index (χ3v) is 3.35. The molecule has 0 heterocycles. The zero-order chi connectivity index (χ0) is 11.1. The Bertz CT molecular complexity index is 160. The summed E-state index contributed by atoms with van der Waals surface area (Å²) in [6.07, 6.45) is 8.57. The SMILES string of the molecule is COCC(C)(C)NCC1CCCCCC1. The number of nitrogens with one attached hydrogen (secondary N) is 1. The highest BCUT2D eigenvalue weighted by atomic mass is 16.5. The molecule has 0 aromatic heterocycles. The van der Waals surface area contributed by atoms with E-state index in [1.54, 1.807) is 7.11 Å². The smallest absolute Gasteiger partial charge is 0.0639 e. The van der Waals surface area contributed by atoms with Crippen LogP contribution in [0.3, 0.4) is 0 Å². The number of rotatable bonds is 5. The van der Waals surface area contributed by atoms with Gasteiger partial charge < -0.3 is 10.1 Å². The molecule has 1 rings (SSSR count). The summed E-state index contributed by atoms with van der Waals surface area (Å²) in [6.45, 7) is 6.39. The van der Waals surface area contributed by atoms with Crippen molar-refractivity contribution in [1.29, 1.82) is 0 Å². The van der Waals surface area contributed by atoms with E-state index >= 15 is 0 Å². The Hall–Kier alpha value is -0.0800. The summed E-state index contributed by atoms with van der Waals surface area (Å²) in [5.74, 6) is 0.892. The predicted octanol–water partition coefficient (Wildman–Crippen LogP) is 2.97. The fourth-order valence-corrected chi connectivity index (χ4v) is 2.40. The topological polar surface area (TPSA) is 21.3 Å². The van der Waals surface area contributed by atoms with Gasteiger partial charge in [0.1, 0.15) is 0 Å². The Morgan fingerprint density at radius 2 is 1.73 bits per heavy atom. The van der Waals surface area contributed by atoms with Gasteiger partial charge in [-0.25, -0.2) is 0 Å². The Morgan fingerprint density at radius 1 is 1.13 bits per heavy atom. The van der Waals surface area contributed by atoms with Crippen molar-refractivity contribution >= 4 is 0 Å². The molecule has 90 valence electrons. The first kappa shape index (κ1) is 13.0. The van der Waals surface area contributed by atoms with Crippen LogP contribution in [0.25, 0.3) is 0 Å². The van der Waals surface area contributed by atoms with Crippen molar-refractivity contribution in [2.45, 2.75) is 57.9 Å². The van der Waals surface area contributed by atoms with Crippen molar-refractivity contribution in [1.82, 2.24) is 5.32 Å². The maximum absolute atomic E-state index is 5.21. The van der Waals surface area contributed by atoms with Gasteiger partial charge in [0.05, 0.1) is 6.61 Å². The number of hydrogen-bond donors (Lipinski definition) is 1. The average Bonchev–Trinajstić information content (AvgIpc) is 2.43. The summed E-state index contributed by atoms with van der Waals surface area (Å²) in [5.41, 5.74) is 0.126. The van der Waals surface area contributed by atoms with Crippen LogP contribution in [0.15, 0.2) is 0 Å². The molecule has 0 radical (unpaired) electrons. The minimum Gasteiger partial charge on any atom is -0.383 e. The van der Waals surface area contributed by atoms with Crippen LogP contribution in [0.2, 0.25) is 0 Å². The number of hydrogen-bond acceptors (Lipinski definition) is 2. The first-order valence-corrected chi connectivity index (χ1v) is 6.38. The molecule has 1 fully saturated rings. The second kappa shape index (κ2) is 6.49. The van der Waals surface area contributed by atoms with Gasteiger partial charge in [0.25, 0.3) is 0 Å². The molecule has 2 heteroatoms. The molecule has 1 saturated carbocycles. The van der Waals surface area contributed by atoms with Crippen LogP contribution in [0, 0.1) is 5.92 Å². The van der Waals surface area contributed by atoms with E-state index in [9.17, 15) is 0 Å². The maximum Gasteiger partial charge on any atom is 0.0639 e. The maximum atomic E-state index is 5.21. The van der Waals surface area contributed by atoms with Gasteiger partial charge in [-0.2, -0.15) is 0 Å². The molecule has 1 aliphatic rings. The molecule has 0 spiro atoms. The molecule has 0 unspecified atom stereocenters. The van der Waals surface area contributed by atoms with Gasteiger partial charge in [-0.05, 0) is 39.2 Å². The highest BCUT2D eigenvalue weighted by Crippen LogP contribution is 2.22. The largest absolute Gasteiger partial charge is 0.383 e. The highest BCUT2D eigenvalue weighted by molar-refractivity contribution is 4.79. The lowest BCUT2D eigenvalue weighted by Crippen LogP contribution is -2.45. The van der Waals surface area contributed by atoms with E-state index in [2.05, 4.69) is 19.2 Å². The Labute approximate surface area is 94.8 Å². The second-order valence-electron chi connectivity index (χ2n) is 5.56. The van der Waals surface area contributed by atoms with Gasteiger partial charge in [-0.3, -0.25) is 0 Å². The standard InChI is InChI=1S/C13H27NO/c1-13(2,11-15-3)14-10-12-8-6-4-5-7-9-12/h12,14H,4-11H2,1-3H3. The van der Waals surface area contributed by atoms with Crippen molar-refractivity contribution in [3.8, 4) is 0 Å². The molecule has 0 atom stereocenters. The van der Waals surface area contributed by atoms with E-state index < -0.39 is 0 Å². The summed E-state index contributed by atoms with van der Waals surface area (Å²) in [4.78, 5) is 0. The van der Waals surface area contributed by atoms with Gasteiger partial charge >= 0.3 is 0 Å². The zero-order valence-corrected chi connectivity index (χ0v) is 10.6. The van der Waals surface area contributed by atoms with Crippen molar-refractivity contribution < 1.29 is 4.74 Å². The van der Waals surface area contributed by atoms with Crippen molar-refractivity contribution in [3.63, 3.8) is 0 Å². The summed E-state index contributed by atoms with van der Waals surface area (Å²) >= 11 is 0. The van der Waals surface area contributed by atoms with Gasteiger partial charge in [0, 0.05) is 12.6 Å². The van der Waals surface area contributed by atoms with Crippen LogP contribution >= 0.6 is 0 Å². The van der Waals surface area contributed by atoms with Gasteiger partial charge in [0.15, 0.2) is 0 Å². The van der Waals surface area contributed by atoms with E-state index in [-0.39, 0.29) is 5.54 Å². The summed E-state index contributed by atoms with van der Waals surface area (Å²) in [5, 5.41) is 3.63. The summed E-state index contributed by atoms with van der Waals surface area (Å²) < 4.78 is 5.21. The third kappa shape index (κ3) is 5.53. The van der Waals surface area contributed by atoms with Crippen LogP contribution in [0.5, 0.6) is 0 Å². The Balaban J connectivity index is 2.22. The van der Waals surface area contributed by atoms with Crippen molar-refractivity contribution in [3.05, 3.63) is 0 Å². The van der Waals surface area contributed by atoms with E-state index in [4.69, 9.17) is 4.74 Å². The molecular formula is C13H27NO. The quantitative estimate of drug-likeness (QED) is 0.709. The van der Waals surface area contributed by atoms with E-state index in [0.29, 0.717) is 0 Å². The highest BCUT2D eigenvalue weighted by Gasteiger charge is 2.19. The van der Waals surface area contributed by atoms with Crippen LogP contribution in [-0.2, 0) is 4.74 Å². The first-order valence-electron chi connectivity index (χ1n) is 6.38. The van der Waals surface area contributed by atoms with Crippen LogP contribution in [0.4, 0.5) is 0 Å². The molecule has 1 N–H and O–H groups in total. The fraction of sp³-hybridized carbons (Fsp3) is 1.00. The second-order valence-corrected chi connectivity index (χ2v) is 5.56. The summed E-state index contributed by atoms with van der Waals surface area (Å²) in [6, 6.07) is 0. The third-order valence-electron chi connectivity index (χ3n) is 3.35. The van der Waals surface area contributed by atoms with E-state index in [0.717, 1.165) is 19.1 Å². The molecular weight excluding hydrogens is 186 g/mol. The first-order chi connectivity index (χ1) is 7.14. The molecule has 2 nitrogen and oxygen atoms in total. The van der Waals surface area contributed by atoms with E-state index in [1.165, 1.54) is 38.5 Å². The average molecular weight is 213 g/mol. The van der Waals surface area contributed by atoms with Crippen LogP contribution in [0.1, 0.15) is 52.4 Å². The van der Waals surface area contributed by atoms with Gasteiger partial charge in [0.2, 0.25) is 0 Å². The monoisotopic (exact) mass is 213 g/mol. The van der Waals surface area contributed by atoms with Crippen molar-refractivity contribution in [2.24, 2.45) is 5.92 Å². The molecule has 0 aliphatic heterocycles. The molecule has 1 aliphatic carbocycles. The van der Waals surface area contributed by atoms with Crippen LogP contribution < -0.4 is 5.32 Å². The molecule has 0 saturated heterocycles. The molecule has 0 aromatic carbocycles. The Morgan fingerprint density at radius 3 is 2.27 bits per heavy atom. The van der Waals surface area contributed by atoms with Crippen LogP contribution in [-0.4, -0.2) is 25.8 Å². The lowest BCUT2D eigenvalue weighted by Gasteiger charge is -2.28. The fourth-order valence-electron chi connectivity index (χ4n) is 2.40. The summed E-state index contributed by atoms with van der Waals surface area (Å²) in [7, 11) is 1.77. The molecule has 0 amide bonds. The molecule has 0 aromatic rings. The Kier molecular flexibility index (Phi) is 5.62. The lowest BCUT2D eigenvalue weighted by molar-refractivity contribution is 0.125. The van der Waals surface area contributed by atoms with Gasteiger partial charge in [-0.15, -0.1) is 0 Å².